The third-order valence-electron chi connectivity index (χ3n) is 5.44. The Morgan fingerprint density at radius 3 is 2.42 bits per heavy atom. The van der Waals surface area contributed by atoms with Gasteiger partial charge < -0.3 is 5.32 Å². The van der Waals surface area contributed by atoms with Gasteiger partial charge in [0.15, 0.2) is 0 Å². The number of amides is 1. The predicted molar refractivity (Wildman–Crippen MR) is 127 cm³/mol. The average Bonchev–Trinajstić information content (AvgIpc) is 2.95. The molecule has 2 aromatic carbocycles. The summed E-state index contributed by atoms with van der Waals surface area (Å²) in [5, 5.41) is 10.7. The lowest BCUT2D eigenvalue weighted by Crippen LogP contribution is -2.36. The molecule has 3 aromatic rings. The quantitative estimate of drug-likeness (QED) is 0.477. The van der Waals surface area contributed by atoms with Gasteiger partial charge in [0.1, 0.15) is 0 Å². The van der Waals surface area contributed by atoms with Gasteiger partial charge in [-0.1, -0.05) is 35.4 Å². The molecule has 1 heterocycles. The Labute approximate surface area is 184 Å². The van der Waals surface area contributed by atoms with Crippen molar-refractivity contribution < 1.29 is 4.79 Å². The summed E-state index contributed by atoms with van der Waals surface area (Å²) in [4.78, 5) is 17.5. The van der Waals surface area contributed by atoms with Crippen molar-refractivity contribution in [3.63, 3.8) is 0 Å². The third-order valence-corrected chi connectivity index (χ3v) is 5.44. The normalized spacial score (nSPS) is 11.5. The summed E-state index contributed by atoms with van der Waals surface area (Å²) in [7, 11) is 1.95. The Morgan fingerprint density at radius 2 is 1.77 bits per heavy atom. The van der Waals surface area contributed by atoms with Gasteiger partial charge in [0, 0.05) is 30.5 Å². The number of carbonyl (C=O) groups excluding carboxylic acids is 1. The highest BCUT2D eigenvalue weighted by molar-refractivity contribution is 6.10. The second-order valence-corrected chi connectivity index (χ2v) is 8.02. The third kappa shape index (κ3) is 5.60. The molecule has 0 bridgehead atoms. The fourth-order valence-corrected chi connectivity index (χ4v) is 3.62. The molecule has 0 aliphatic rings. The molecule has 0 unspecified atom stereocenters. The second-order valence-electron chi connectivity index (χ2n) is 8.02. The van der Waals surface area contributed by atoms with E-state index >= 15 is 0 Å². The first-order chi connectivity index (χ1) is 14.7. The van der Waals surface area contributed by atoms with Gasteiger partial charge in [0.05, 0.1) is 5.69 Å². The van der Waals surface area contributed by atoms with Crippen molar-refractivity contribution in [2.75, 3.05) is 11.9 Å². The maximum absolute atomic E-state index is 12.8. The maximum atomic E-state index is 12.8. The first-order valence-electron chi connectivity index (χ1n) is 10.5. The number of rotatable bonds is 5. The van der Waals surface area contributed by atoms with Crippen LogP contribution in [0.15, 0.2) is 47.5 Å². The highest BCUT2D eigenvalue weighted by Crippen LogP contribution is 2.16. The van der Waals surface area contributed by atoms with Crippen LogP contribution in [0.1, 0.15) is 44.0 Å². The van der Waals surface area contributed by atoms with E-state index in [9.17, 15) is 4.79 Å². The molecule has 0 saturated carbocycles. The predicted octanol–water partition coefficient (Wildman–Crippen LogP) is 4.40. The second kappa shape index (κ2) is 9.60. The molecule has 0 spiro atoms. The van der Waals surface area contributed by atoms with Crippen molar-refractivity contribution in [1.82, 2.24) is 15.1 Å². The topological polar surface area (TPSA) is 71.3 Å². The van der Waals surface area contributed by atoms with E-state index in [1.807, 2.05) is 62.8 Å². The molecule has 31 heavy (non-hydrogen) atoms. The number of aliphatic imine (C=N–C) groups is 1. The summed E-state index contributed by atoms with van der Waals surface area (Å²) in [6, 6.07) is 13.7. The summed E-state index contributed by atoms with van der Waals surface area (Å²) < 4.78 is 1.89. The summed E-state index contributed by atoms with van der Waals surface area (Å²) in [5.74, 6) is 0.256. The van der Waals surface area contributed by atoms with Crippen LogP contribution in [0.2, 0.25) is 0 Å². The summed E-state index contributed by atoms with van der Waals surface area (Å²) in [6.45, 7) is 10.7. The SMILES string of the molecule is Cc1cccc(C(=O)NC(=NCCc2c(C)nn(C)c2C)Nc2ccc(C)cc2C)c1. The van der Waals surface area contributed by atoms with E-state index in [4.69, 9.17) is 4.99 Å². The van der Waals surface area contributed by atoms with Crippen LogP contribution in [-0.2, 0) is 13.5 Å². The maximum Gasteiger partial charge on any atom is 0.257 e. The Bertz CT molecular complexity index is 1130. The summed E-state index contributed by atoms with van der Waals surface area (Å²) in [6.07, 6.45) is 0.754. The van der Waals surface area contributed by atoms with Crippen LogP contribution < -0.4 is 10.6 Å². The van der Waals surface area contributed by atoms with E-state index < -0.39 is 0 Å². The lowest BCUT2D eigenvalue weighted by atomic mass is 10.1. The van der Waals surface area contributed by atoms with Crippen LogP contribution in [0.3, 0.4) is 0 Å². The van der Waals surface area contributed by atoms with Crippen molar-refractivity contribution in [3.8, 4) is 0 Å². The molecular weight excluding hydrogens is 386 g/mol. The van der Waals surface area contributed by atoms with E-state index in [-0.39, 0.29) is 5.91 Å². The van der Waals surface area contributed by atoms with Crippen LogP contribution in [0, 0.1) is 34.6 Å². The number of carbonyl (C=O) groups is 1. The van der Waals surface area contributed by atoms with Gasteiger partial charge in [-0.25, -0.2) is 0 Å². The molecule has 6 heteroatoms. The Hall–Kier alpha value is -3.41. The van der Waals surface area contributed by atoms with Gasteiger partial charge in [-0.3, -0.25) is 19.8 Å². The Balaban J connectivity index is 1.82. The van der Waals surface area contributed by atoms with Crippen molar-refractivity contribution in [2.45, 2.75) is 41.0 Å². The molecule has 0 radical (unpaired) electrons. The first-order valence-corrected chi connectivity index (χ1v) is 10.5. The van der Waals surface area contributed by atoms with Gasteiger partial charge in [0.2, 0.25) is 5.96 Å². The van der Waals surface area contributed by atoms with Gasteiger partial charge in [-0.2, -0.15) is 5.10 Å². The minimum atomic E-state index is -0.187. The van der Waals surface area contributed by atoms with Gasteiger partial charge >= 0.3 is 0 Å². The molecule has 1 amide bonds. The molecule has 1 aromatic heterocycles. The largest absolute Gasteiger partial charge is 0.326 e. The molecule has 0 saturated heterocycles. The molecule has 0 aliphatic heterocycles. The summed E-state index contributed by atoms with van der Waals surface area (Å²) in [5.41, 5.74) is 8.20. The number of anilines is 1. The number of nitrogens with one attached hydrogen (secondary N) is 2. The van der Waals surface area contributed by atoms with E-state index in [0.717, 1.165) is 34.6 Å². The summed E-state index contributed by atoms with van der Waals surface area (Å²) >= 11 is 0. The van der Waals surface area contributed by atoms with Crippen LogP contribution in [0.5, 0.6) is 0 Å². The molecule has 3 rings (SSSR count). The number of hydrogen-bond acceptors (Lipinski definition) is 3. The van der Waals surface area contributed by atoms with Crippen molar-refractivity contribution >= 4 is 17.6 Å². The van der Waals surface area contributed by atoms with E-state index in [2.05, 4.69) is 35.6 Å². The minimum absolute atomic E-state index is 0.187. The fourth-order valence-electron chi connectivity index (χ4n) is 3.62. The molecular formula is C25H31N5O. The highest BCUT2D eigenvalue weighted by Gasteiger charge is 2.12. The first kappa shape index (κ1) is 22.3. The van der Waals surface area contributed by atoms with Gasteiger partial charge in [0.25, 0.3) is 5.91 Å². The zero-order valence-electron chi connectivity index (χ0n) is 19.2. The zero-order valence-corrected chi connectivity index (χ0v) is 19.2. The van der Waals surface area contributed by atoms with E-state index in [1.54, 1.807) is 6.07 Å². The number of guanidine groups is 1. The Kier molecular flexibility index (Phi) is 6.90. The number of nitrogens with zero attached hydrogens (tertiary/aromatic N) is 3. The van der Waals surface area contributed by atoms with Crippen LogP contribution in [0.4, 0.5) is 5.69 Å². The zero-order chi connectivity index (χ0) is 22.5. The lowest BCUT2D eigenvalue weighted by molar-refractivity contribution is 0.0977. The number of aryl methyl sites for hydroxylation is 5. The van der Waals surface area contributed by atoms with Crippen LogP contribution >= 0.6 is 0 Å². The van der Waals surface area contributed by atoms with E-state index in [0.29, 0.717) is 18.1 Å². The molecule has 6 nitrogen and oxygen atoms in total. The smallest absolute Gasteiger partial charge is 0.257 e. The van der Waals surface area contributed by atoms with Crippen molar-refractivity contribution in [3.05, 3.63) is 81.7 Å². The van der Waals surface area contributed by atoms with Gasteiger partial charge in [-0.05, 0) is 70.4 Å². The Morgan fingerprint density at radius 1 is 1.03 bits per heavy atom. The van der Waals surface area contributed by atoms with Gasteiger partial charge in [-0.15, -0.1) is 0 Å². The standard InChI is InChI=1S/C25H31N5O/c1-16-8-7-9-21(15-16)24(31)28-25(27-23-11-10-17(2)14-18(23)3)26-13-12-22-19(4)29-30(6)20(22)5/h7-11,14-15H,12-13H2,1-6H3,(H2,26,27,28,31). The number of hydrogen-bond donors (Lipinski definition) is 2. The average molecular weight is 418 g/mol. The minimum Gasteiger partial charge on any atom is -0.326 e. The van der Waals surface area contributed by atoms with Crippen LogP contribution in [-0.4, -0.2) is 28.2 Å². The molecule has 162 valence electrons. The van der Waals surface area contributed by atoms with Crippen LogP contribution in [0.25, 0.3) is 0 Å². The lowest BCUT2D eigenvalue weighted by Gasteiger charge is -2.14. The highest BCUT2D eigenvalue weighted by atomic mass is 16.1. The molecule has 0 atom stereocenters. The van der Waals surface area contributed by atoms with E-state index in [1.165, 1.54) is 11.1 Å². The van der Waals surface area contributed by atoms with Crippen molar-refractivity contribution in [1.29, 1.82) is 0 Å². The molecule has 0 aliphatic carbocycles. The fraction of sp³-hybridized carbons (Fsp3) is 0.320. The molecule has 0 fully saturated rings. The number of benzene rings is 2. The van der Waals surface area contributed by atoms with Crippen molar-refractivity contribution in [2.24, 2.45) is 12.0 Å². The monoisotopic (exact) mass is 417 g/mol. The molecule has 2 N–H and O–H groups in total. The number of aromatic nitrogens is 2.